The number of hydrogen-bond acceptors (Lipinski definition) is 6. The molecule has 6 nitrogen and oxygen atoms in total. The first-order valence-corrected chi connectivity index (χ1v) is 8.81. The van der Waals surface area contributed by atoms with Gasteiger partial charge < -0.3 is 24.8 Å². The van der Waals surface area contributed by atoms with Crippen LogP contribution in [-0.4, -0.2) is 47.0 Å². The van der Waals surface area contributed by atoms with E-state index in [1.54, 1.807) is 18.2 Å². The molecular weight excluding hydrogens is 398 g/mol. The van der Waals surface area contributed by atoms with Gasteiger partial charge >= 0.3 is 0 Å². The van der Waals surface area contributed by atoms with Crippen LogP contribution in [0.4, 0.5) is 8.92 Å². The van der Waals surface area contributed by atoms with Gasteiger partial charge in [-0.15, -0.1) is 0 Å². The highest BCUT2D eigenvalue weighted by molar-refractivity contribution is 6.31. The van der Waals surface area contributed by atoms with Gasteiger partial charge in [-0.25, -0.2) is 4.39 Å². The number of halogens is 3. The van der Waals surface area contributed by atoms with Crippen molar-refractivity contribution in [3.63, 3.8) is 0 Å². The first kappa shape index (κ1) is 20.9. The molecule has 28 heavy (non-hydrogen) atoms. The third kappa shape index (κ3) is 4.12. The Bertz CT molecular complexity index is 834. The molecule has 0 bridgehead atoms. The maximum atomic E-state index is 13.7. The van der Waals surface area contributed by atoms with Gasteiger partial charge in [0.2, 0.25) is 5.75 Å². The maximum Gasteiger partial charge on any atom is 0.207 e. The minimum absolute atomic E-state index is 0.220. The number of hydrogen-bond donors (Lipinski definition) is 3. The average Bonchev–Trinajstić information content (AvgIpc) is 2.68. The molecule has 0 aromatic heterocycles. The lowest BCUT2D eigenvalue weighted by atomic mass is 9.92. The van der Waals surface area contributed by atoms with Crippen LogP contribution in [0.3, 0.4) is 0 Å². The van der Waals surface area contributed by atoms with Crippen LogP contribution in [0.5, 0.6) is 5.75 Å². The van der Waals surface area contributed by atoms with E-state index in [-0.39, 0.29) is 6.42 Å². The maximum absolute atomic E-state index is 13.7. The van der Waals surface area contributed by atoms with E-state index in [0.29, 0.717) is 21.7 Å². The van der Waals surface area contributed by atoms with E-state index in [0.717, 1.165) is 12.1 Å². The Kier molecular flexibility index (Phi) is 6.49. The summed E-state index contributed by atoms with van der Waals surface area (Å²) < 4.78 is 36.5. The molecule has 9 heteroatoms. The highest BCUT2D eigenvalue weighted by Crippen LogP contribution is 2.34. The molecule has 0 aliphatic carbocycles. The van der Waals surface area contributed by atoms with Crippen molar-refractivity contribution in [2.45, 2.75) is 37.1 Å². The molecule has 0 saturated carbocycles. The molecule has 1 saturated heterocycles. The van der Waals surface area contributed by atoms with E-state index in [1.165, 1.54) is 13.2 Å². The van der Waals surface area contributed by atoms with Crippen molar-refractivity contribution in [2.75, 3.05) is 7.11 Å². The van der Waals surface area contributed by atoms with Gasteiger partial charge in [-0.2, -0.15) is 0 Å². The highest BCUT2D eigenvalue weighted by atomic mass is 35.5. The van der Waals surface area contributed by atoms with Crippen LogP contribution >= 0.6 is 11.6 Å². The van der Waals surface area contributed by atoms with Crippen LogP contribution in [0.2, 0.25) is 5.02 Å². The Hall–Kier alpha value is -1.81. The topological polar surface area (TPSA) is 88.4 Å². The Morgan fingerprint density at radius 3 is 2.46 bits per heavy atom. The van der Waals surface area contributed by atoms with Crippen molar-refractivity contribution >= 4 is 11.6 Å². The number of benzene rings is 2. The summed E-state index contributed by atoms with van der Waals surface area (Å²) in [6, 6.07) is 8.62. The Labute approximate surface area is 164 Å². The first-order valence-electron chi connectivity index (χ1n) is 8.43. The van der Waals surface area contributed by atoms with Crippen molar-refractivity contribution in [1.29, 1.82) is 0 Å². The van der Waals surface area contributed by atoms with Crippen LogP contribution in [0.1, 0.15) is 22.8 Å². The molecule has 3 N–H and O–H groups in total. The zero-order valence-electron chi connectivity index (χ0n) is 14.8. The molecule has 0 amide bonds. The molecule has 1 heterocycles. The van der Waals surface area contributed by atoms with Crippen LogP contribution in [-0.2, 0) is 15.9 Å². The molecule has 152 valence electrons. The Balaban J connectivity index is 1.88. The number of aliphatic hydroxyl groups excluding tert-OH is 3. The fourth-order valence-corrected chi connectivity index (χ4v) is 3.35. The highest BCUT2D eigenvalue weighted by Gasteiger charge is 2.44. The average molecular weight is 417 g/mol. The zero-order valence-corrected chi connectivity index (χ0v) is 15.5. The number of rotatable bonds is 5. The Morgan fingerprint density at radius 1 is 1.07 bits per heavy atom. The fraction of sp³-hybridized carbons (Fsp3) is 0.368. The normalized spacial score (nSPS) is 27.6. The molecule has 5 atom stereocenters. The molecule has 3 rings (SSSR count). The predicted molar refractivity (Wildman–Crippen MR) is 95.0 cm³/mol. The number of methoxy groups -OCH3 is 1. The van der Waals surface area contributed by atoms with Gasteiger partial charge in [0.15, 0.2) is 12.1 Å². The lowest BCUT2D eigenvalue weighted by Crippen LogP contribution is -2.54. The minimum Gasteiger partial charge on any atom is -0.387 e. The fourth-order valence-electron chi connectivity index (χ4n) is 3.16. The smallest absolute Gasteiger partial charge is 0.207 e. The molecule has 5 unspecified atom stereocenters. The molecular formula is C19H19ClF2O6. The van der Waals surface area contributed by atoms with E-state index in [1.807, 2.05) is 0 Å². The van der Waals surface area contributed by atoms with Gasteiger partial charge in [0, 0.05) is 16.7 Å². The van der Waals surface area contributed by atoms with E-state index >= 15 is 0 Å². The lowest BCUT2D eigenvalue weighted by molar-refractivity contribution is -0.292. The summed E-state index contributed by atoms with van der Waals surface area (Å²) in [5, 5.41) is 30.6. The molecule has 0 radical (unpaired) electrons. The molecule has 2 aromatic rings. The van der Waals surface area contributed by atoms with Crippen LogP contribution < -0.4 is 4.94 Å². The van der Waals surface area contributed by atoms with Crippen molar-refractivity contribution in [2.24, 2.45) is 0 Å². The summed E-state index contributed by atoms with van der Waals surface area (Å²) >= 11 is 6.23. The van der Waals surface area contributed by atoms with Crippen LogP contribution in [0.25, 0.3) is 0 Å². The summed E-state index contributed by atoms with van der Waals surface area (Å²) in [5.74, 6) is -1.36. The van der Waals surface area contributed by atoms with Gasteiger partial charge in [-0.05, 0) is 41.3 Å². The van der Waals surface area contributed by atoms with Gasteiger partial charge in [0.05, 0.1) is 0 Å². The summed E-state index contributed by atoms with van der Waals surface area (Å²) in [6.45, 7) is 0. The van der Waals surface area contributed by atoms with Gasteiger partial charge in [0.25, 0.3) is 0 Å². The van der Waals surface area contributed by atoms with Gasteiger partial charge in [-0.3, -0.25) is 4.94 Å². The van der Waals surface area contributed by atoms with Crippen molar-refractivity contribution < 1.29 is 38.7 Å². The first-order chi connectivity index (χ1) is 13.3. The molecule has 0 spiro atoms. The largest absolute Gasteiger partial charge is 0.387 e. The lowest BCUT2D eigenvalue weighted by Gasteiger charge is -2.40. The van der Waals surface area contributed by atoms with E-state index in [2.05, 4.69) is 4.94 Å². The van der Waals surface area contributed by atoms with E-state index in [4.69, 9.17) is 21.1 Å². The van der Waals surface area contributed by atoms with E-state index < -0.39 is 42.3 Å². The molecule has 1 aliphatic heterocycles. The van der Waals surface area contributed by atoms with E-state index in [9.17, 15) is 24.2 Å². The second-order valence-electron chi connectivity index (χ2n) is 6.50. The van der Waals surface area contributed by atoms with Crippen LogP contribution in [0, 0.1) is 5.82 Å². The minimum atomic E-state index is -1.47. The summed E-state index contributed by atoms with van der Waals surface area (Å²) in [6.07, 6.45) is -6.14. The number of aliphatic hydroxyl groups is 3. The number of ether oxygens (including phenoxy) is 2. The molecule has 1 aliphatic rings. The quantitative estimate of drug-likeness (QED) is 0.694. The summed E-state index contributed by atoms with van der Waals surface area (Å²) in [4.78, 5) is 3.42. The van der Waals surface area contributed by atoms with Crippen molar-refractivity contribution in [1.82, 2.24) is 0 Å². The zero-order chi connectivity index (χ0) is 20.4. The van der Waals surface area contributed by atoms with Crippen molar-refractivity contribution in [3.8, 4) is 5.75 Å². The SMILES string of the molecule is COC1OC(c2ccc(Cl)c(Cc3ccc(OF)c(F)c3)c2)C(O)C(O)C1O. The van der Waals surface area contributed by atoms with Crippen molar-refractivity contribution in [3.05, 3.63) is 63.9 Å². The third-order valence-corrected chi connectivity index (χ3v) is 5.04. The summed E-state index contributed by atoms with van der Waals surface area (Å²) in [5.41, 5.74) is 1.61. The second-order valence-corrected chi connectivity index (χ2v) is 6.91. The Morgan fingerprint density at radius 2 is 1.82 bits per heavy atom. The molecule has 1 fully saturated rings. The van der Waals surface area contributed by atoms with Crippen LogP contribution in [0.15, 0.2) is 36.4 Å². The van der Waals surface area contributed by atoms with Gasteiger partial charge in [-0.1, -0.05) is 29.8 Å². The summed E-state index contributed by atoms with van der Waals surface area (Å²) in [7, 11) is 1.31. The third-order valence-electron chi connectivity index (χ3n) is 4.67. The predicted octanol–water partition coefficient (Wildman–Crippen LogP) is 2.46. The molecule has 2 aromatic carbocycles. The monoisotopic (exact) mass is 416 g/mol. The standard InChI is InChI=1S/C19H19ClF2O6/c1-26-19-17(25)15(23)16(24)18(27-19)10-3-4-12(20)11(8-10)6-9-2-5-14(28-22)13(21)7-9/h2-5,7-8,15-19,23-25H,6H2,1H3. The second kappa shape index (κ2) is 8.69. The van der Waals surface area contributed by atoms with Gasteiger partial charge in [0.1, 0.15) is 24.4 Å².